The summed E-state index contributed by atoms with van der Waals surface area (Å²) in [7, 11) is 0. The van der Waals surface area contributed by atoms with Crippen LogP contribution in [-0.4, -0.2) is 12.6 Å². The monoisotopic (exact) mass is 176 g/mol. The summed E-state index contributed by atoms with van der Waals surface area (Å²) in [4.78, 5) is 10.5. The predicted molar refractivity (Wildman–Crippen MR) is 32.6 cm³/mol. The minimum atomic E-state index is -0.211. The molecule has 0 saturated heterocycles. The number of esters is 1. The zero-order valence-electron chi connectivity index (χ0n) is 4.40. The van der Waals surface area contributed by atoms with Crippen molar-refractivity contribution < 1.29 is 9.53 Å². The third kappa shape index (κ3) is 0.777. The molecule has 0 amide bonds. The molecule has 0 atom stereocenters. The maximum atomic E-state index is 10.5. The fraction of sp³-hybridized carbons (Fsp3) is 0.400. The van der Waals surface area contributed by atoms with E-state index in [9.17, 15) is 4.79 Å². The summed E-state index contributed by atoms with van der Waals surface area (Å²) in [5.74, 6) is -0.211. The number of carbonyl (C=O) groups excluding carboxylic acids is 1. The van der Waals surface area contributed by atoms with Gasteiger partial charge in [0, 0.05) is 10.1 Å². The lowest BCUT2D eigenvalue weighted by Gasteiger charge is -1.85. The molecule has 0 spiro atoms. The van der Waals surface area contributed by atoms with Crippen LogP contribution in [0.3, 0.4) is 0 Å². The number of rotatable bonds is 0. The van der Waals surface area contributed by atoms with E-state index in [0.717, 1.165) is 4.48 Å². The second kappa shape index (κ2) is 1.90. The van der Waals surface area contributed by atoms with Crippen LogP contribution in [0.5, 0.6) is 0 Å². The molecule has 1 heterocycles. The van der Waals surface area contributed by atoms with Gasteiger partial charge in [0.25, 0.3) is 0 Å². The maximum absolute atomic E-state index is 10.5. The van der Waals surface area contributed by atoms with E-state index in [-0.39, 0.29) is 5.97 Å². The van der Waals surface area contributed by atoms with E-state index in [1.807, 2.05) is 0 Å². The molecule has 0 saturated carbocycles. The highest BCUT2D eigenvalue weighted by Gasteiger charge is 2.17. The summed E-state index contributed by atoms with van der Waals surface area (Å²) in [5, 5.41) is 0. The number of halogens is 1. The van der Waals surface area contributed by atoms with E-state index in [2.05, 4.69) is 20.7 Å². The number of cyclic esters (lactones) is 1. The van der Waals surface area contributed by atoms with Crippen LogP contribution in [0.25, 0.3) is 0 Å². The highest BCUT2D eigenvalue weighted by Crippen LogP contribution is 2.19. The fourth-order valence-corrected chi connectivity index (χ4v) is 0.732. The van der Waals surface area contributed by atoms with E-state index in [1.54, 1.807) is 6.92 Å². The van der Waals surface area contributed by atoms with E-state index in [4.69, 9.17) is 0 Å². The molecule has 1 rings (SSSR count). The van der Waals surface area contributed by atoms with E-state index < -0.39 is 0 Å². The highest BCUT2D eigenvalue weighted by atomic mass is 79.9. The maximum Gasteiger partial charge on any atom is 0.335 e. The third-order valence-corrected chi connectivity index (χ3v) is 1.87. The molecule has 0 N–H and O–H groups in total. The first-order chi connectivity index (χ1) is 3.72. The van der Waals surface area contributed by atoms with Gasteiger partial charge in [0.2, 0.25) is 0 Å². The van der Waals surface area contributed by atoms with Gasteiger partial charge in [-0.15, -0.1) is 0 Å². The average molecular weight is 177 g/mol. The van der Waals surface area contributed by atoms with Gasteiger partial charge in [0.1, 0.15) is 6.61 Å². The lowest BCUT2D eigenvalue weighted by atomic mass is 10.3. The highest BCUT2D eigenvalue weighted by molar-refractivity contribution is 9.11. The Kier molecular flexibility index (Phi) is 1.38. The number of ether oxygens (including phenoxy) is 1. The molecule has 3 heteroatoms. The van der Waals surface area contributed by atoms with Gasteiger partial charge < -0.3 is 4.74 Å². The first-order valence-electron chi connectivity index (χ1n) is 2.24. The predicted octanol–water partition coefficient (Wildman–Crippen LogP) is 1.21. The Morgan fingerprint density at radius 1 is 1.75 bits per heavy atom. The van der Waals surface area contributed by atoms with Crippen molar-refractivity contribution in [1.29, 1.82) is 0 Å². The molecule has 0 aromatic rings. The van der Waals surface area contributed by atoms with Gasteiger partial charge in [-0.05, 0) is 6.92 Å². The average Bonchev–Trinajstić information content (AvgIpc) is 1.98. The third-order valence-electron chi connectivity index (χ3n) is 1.04. The van der Waals surface area contributed by atoms with Gasteiger partial charge in [-0.1, -0.05) is 15.9 Å². The van der Waals surface area contributed by atoms with Crippen LogP contribution in [0.1, 0.15) is 6.92 Å². The van der Waals surface area contributed by atoms with Gasteiger partial charge in [-0.3, -0.25) is 0 Å². The lowest BCUT2D eigenvalue weighted by molar-refractivity contribution is -0.135. The lowest BCUT2D eigenvalue weighted by Crippen LogP contribution is -1.94. The van der Waals surface area contributed by atoms with Gasteiger partial charge in [-0.25, -0.2) is 4.79 Å². The molecular formula is C5H5BrO2. The molecule has 1 aliphatic rings. The van der Waals surface area contributed by atoms with Crippen LogP contribution in [0.4, 0.5) is 0 Å². The smallest absolute Gasteiger partial charge is 0.335 e. The molecule has 0 radical (unpaired) electrons. The van der Waals surface area contributed by atoms with Crippen molar-refractivity contribution >= 4 is 21.9 Å². The van der Waals surface area contributed by atoms with Crippen molar-refractivity contribution in [3.8, 4) is 0 Å². The van der Waals surface area contributed by atoms with E-state index in [0.29, 0.717) is 12.2 Å². The molecule has 2 nitrogen and oxygen atoms in total. The zero-order chi connectivity index (χ0) is 6.15. The van der Waals surface area contributed by atoms with Crippen molar-refractivity contribution in [2.75, 3.05) is 6.61 Å². The number of hydrogen-bond donors (Lipinski definition) is 0. The summed E-state index contributed by atoms with van der Waals surface area (Å²) in [5.41, 5.74) is 0.685. The molecule has 44 valence electrons. The number of hydrogen-bond acceptors (Lipinski definition) is 2. The standard InChI is InChI=1S/C5H5BrO2/c1-3-4(6)2-8-5(3)7/h2H2,1H3. The first kappa shape index (κ1) is 5.82. The van der Waals surface area contributed by atoms with Crippen molar-refractivity contribution in [3.05, 3.63) is 10.1 Å². The fourth-order valence-electron chi connectivity index (χ4n) is 0.456. The van der Waals surface area contributed by atoms with E-state index >= 15 is 0 Å². The Morgan fingerprint density at radius 3 is 2.50 bits per heavy atom. The SMILES string of the molecule is CC1=C(Br)COC1=O. The Labute approximate surface area is 55.6 Å². The summed E-state index contributed by atoms with van der Waals surface area (Å²) in [6.45, 7) is 2.14. The minimum absolute atomic E-state index is 0.211. The van der Waals surface area contributed by atoms with Gasteiger partial charge in [-0.2, -0.15) is 0 Å². The Bertz CT molecular complexity index is 160. The number of carbonyl (C=O) groups is 1. The van der Waals surface area contributed by atoms with Crippen LogP contribution in [0.2, 0.25) is 0 Å². The van der Waals surface area contributed by atoms with Crippen molar-refractivity contribution in [2.45, 2.75) is 6.92 Å². The molecule has 0 aromatic carbocycles. The van der Waals surface area contributed by atoms with Crippen LogP contribution in [0.15, 0.2) is 10.1 Å². The van der Waals surface area contributed by atoms with Crippen LogP contribution >= 0.6 is 15.9 Å². The Balaban J connectivity index is 2.86. The molecular weight excluding hydrogens is 172 g/mol. The topological polar surface area (TPSA) is 26.3 Å². The normalized spacial score (nSPS) is 19.5. The first-order valence-corrected chi connectivity index (χ1v) is 3.03. The van der Waals surface area contributed by atoms with Crippen LogP contribution in [0, 0.1) is 0 Å². The molecule has 0 aromatic heterocycles. The summed E-state index contributed by atoms with van der Waals surface area (Å²) < 4.78 is 5.48. The quantitative estimate of drug-likeness (QED) is 0.520. The van der Waals surface area contributed by atoms with Crippen molar-refractivity contribution in [2.24, 2.45) is 0 Å². The van der Waals surface area contributed by atoms with Crippen molar-refractivity contribution in [1.82, 2.24) is 0 Å². The molecule has 1 aliphatic heterocycles. The summed E-state index contributed by atoms with van der Waals surface area (Å²) in [6.07, 6.45) is 0. The Morgan fingerprint density at radius 2 is 2.38 bits per heavy atom. The molecule has 0 aliphatic carbocycles. The summed E-state index contributed by atoms with van der Waals surface area (Å²) >= 11 is 3.18. The van der Waals surface area contributed by atoms with Crippen LogP contribution in [-0.2, 0) is 9.53 Å². The van der Waals surface area contributed by atoms with Gasteiger partial charge >= 0.3 is 5.97 Å². The summed E-state index contributed by atoms with van der Waals surface area (Å²) in [6, 6.07) is 0. The molecule has 0 fully saturated rings. The van der Waals surface area contributed by atoms with Gasteiger partial charge in [0.15, 0.2) is 0 Å². The molecule has 0 unspecified atom stereocenters. The van der Waals surface area contributed by atoms with Gasteiger partial charge in [0.05, 0.1) is 0 Å². The minimum Gasteiger partial charge on any atom is -0.457 e. The molecule has 8 heavy (non-hydrogen) atoms. The Hall–Kier alpha value is -0.310. The molecule has 0 bridgehead atoms. The second-order valence-electron chi connectivity index (χ2n) is 1.61. The van der Waals surface area contributed by atoms with Crippen molar-refractivity contribution in [3.63, 3.8) is 0 Å². The van der Waals surface area contributed by atoms with Crippen LogP contribution < -0.4 is 0 Å². The van der Waals surface area contributed by atoms with E-state index in [1.165, 1.54) is 0 Å². The largest absolute Gasteiger partial charge is 0.457 e. The second-order valence-corrected chi connectivity index (χ2v) is 2.56. The zero-order valence-corrected chi connectivity index (χ0v) is 5.99.